The zero-order valence-corrected chi connectivity index (χ0v) is 15.6. The van der Waals surface area contributed by atoms with Gasteiger partial charge < -0.3 is 9.88 Å². The van der Waals surface area contributed by atoms with E-state index in [0.29, 0.717) is 12.1 Å². The molecule has 1 aromatic carbocycles. The molecule has 1 aliphatic rings. The Morgan fingerprint density at radius 3 is 2.67 bits per heavy atom. The number of fused-ring (bicyclic) bond motifs is 1. The van der Waals surface area contributed by atoms with Crippen LogP contribution in [0.15, 0.2) is 41.8 Å². The van der Waals surface area contributed by atoms with Crippen molar-refractivity contribution in [3.63, 3.8) is 0 Å². The first-order chi connectivity index (χ1) is 12.8. The summed E-state index contributed by atoms with van der Waals surface area (Å²) in [4.78, 5) is 3.96. The highest BCUT2D eigenvalue weighted by atomic mass is 32.2. The van der Waals surface area contributed by atoms with Crippen LogP contribution in [0.1, 0.15) is 23.7 Å². The maximum Gasteiger partial charge on any atom is 0.287 e. The minimum Gasteiger partial charge on any atom is -0.339 e. The van der Waals surface area contributed by atoms with Gasteiger partial charge in [0.1, 0.15) is 11.6 Å². The highest BCUT2D eigenvalue weighted by Crippen LogP contribution is 2.40. The molecule has 1 atom stereocenters. The number of hydrogen-bond donors (Lipinski definition) is 1. The van der Waals surface area contributed by atoms with Crippen molar-refractivity contribution in [2.24, 2.45) is 7.05 Å². The van der Waals surface area contributed by atoms with E-state index in [2.05, 4.69) is 10.3 Å². The van der Waals surface area contributed by atoms with Crippen molar-refractivity contribution in [1.82, 2.24) is 18.8 Å². The Hall–Kier alpha value is -2.52. The van der Waals surface area contributed by atoms with Crippen LogP contribution in [0.5, 0.6) is 0 Å². The van der Waals surface area contributed by atoms with Crippen LogP contribution < -0.4 is 5.32 Å². The van der Waals surface area contributed by atoms with Gasteiger partial charge in [0, 0.05) is 36.6 Å². The van der Waals surface area contributed by atoms with E-state index in [1.807, 2.05) is 0 Å². The summed E-state index contributed by atoms with van der Waals surface area (Å²) in [6.45, 7) is 0. The van der Waals surface area contributed by atoms with E-state index in [4.69, 9.17) is 0 Å². The summed E-state index contributed by atoms with van der Waals surface area (Å²) in [5.74, 6) is -1.53. The van der Waals surface area contributed by atoms with Gasteiger partial charge in [-0.25, -0.2) is 17.7 Å². The maximum atomic E-state index is 14.5. The first kappa shape index (κ1) is 17.9. The predicted octanol–water partition coefficient (Wildman–Crippen LogP) is 2.61. The van der Waals surface area contributed by atoms with Crippen molar-refractivity contribution >= 4 is 10.0 Å². The SMILES string of the molecule is CNC1CCc2c1cc(-c1ccc(F)cc1F)n2S(=O)(=O)c1cn(C)cn1. The normalized spacial score (nSPS) is 16.7. The summed E-state index contributed by atoms with van der Waals surface area (Å²) >= 11 is 0. The minimum absolute atomic E-state index is 0.0255. The van der Waals surface area contributed by atoms with Gasteiger partial charge in [-0.05, 0) is 43.7 Å². The molecular formula is C18H18F2N4O2S. The molecule has 2 aromatic heterocycles. The molecule has 9 heteroatoms. The third-order valence-electron chi connectivity index (χ3n) is 4.88. The summed E-state index contributed by atoms with van der Waals surface area (Å²) < 4.78 is 57.1. The molecule has 0 aliphatic heterocycles. The highest BCUT2D eigenvalue weighted by molar-refractivity contribution is 7.90. The number of nitrogens with one attached hydrogen (secondary N) is 1. The van der Waals surface area contributed by atoms with Gasteiger partial charge in [0.25, 0.3) is 10.0 Å². The van der Waals surface area contributed by atoms with Crippen LogP contribution in [0.2, 0.25) is 0 Å². The maximum absolute atomic E-state index is 14.5. The molecule has 0 bridgehead atoms. The van der Waals surface area contributed by atoms with Crippen molar-refractivity contribution in [3.8, 4) is 11.3 Å². The summed E-state index contributed by atoms with van der Waals surface area (Å²) in [5.41, 5.74) is 1.60. The van der Waals surface area contributed by atoms with Gasteiger partial charge in [0.15, 0.2) is 5.03 Å². The monoisotopic (exact) mass is 392 g/mol. The third kappa shape index (κ3) is 2.78. The lowest BCUT2D eigenvalue weighted by Gasteiger charge is -2.13. The van der Waals surface area contributed by atoms with Gasteiger partial charge in [0.2, 0.25) is 0 Å². The van der Waals surface area contributed by atoms with E-state index in [0.717, 1.165) is 28.1 Å². The Bertz CT molecular complexity index is 1130. The standard InChI is InChI=1S/C18H18F2N4O2S/c1-21-15-5-6-16-13(15)8-17(12-4-3-11(19)7-14(12)20)24(16)27(25,26)18-9-23(2)10-22-18/h3-4,7-10,15,21H,5-6H2,1-2H3. The molecule has 142 valence electrons. The molecular weight excluding hydrogens is 374 g/mol. The van der Waals surface area contributed by atoms with Crippen LogP contribution >= 0.6 is 0 Å². The number of aryl methyl sites for hydroxylation is 1. The molecule has 0 saturated heterocycles. The lowest BCUT2D eigenvalue weighted by atomic mass is 10.1. The summed E-state index contributed by atoms with van der Waals surface area (Å²) in [6, 6.07) is 4.76. The van der Waals surface area contributed by atoms with Crippen LogP contribution in [0, 0.1) is 11.6 Å². The Morgan fingerprint density at radius 1 is 1.26 bits per heavy atom. The first-order valence-corrected chi connectivity index (χ1v) is 9.87. The highest BCUT2D eigenvalue weighted by Gasteiger charge is 2.34. The topological polar surface area (TPSA) is 68.9 Å². The van der Waals surface area contributed by atoms with Crippen molar-refractivity contribution in [2.75, 3.05) is 7.05 Å². The van der Waals surface area contributed by atoms with Crippen molar-refractivity contribution in [2.45, 2.75) is 23.9 Å². The third-order valence-corrected chi connectivity index (χ3v) is 6.51. The summed E-state index contributed by atoms with van der Waals surface area (Å²) in [5, 5.41) is 3.02. The Morgan fingerprint density at radius 2 is 2.04 bits per heavy atom. The number of aromatic nitrogens is 3. The molecule has 27 heavy (non-hydrogen) atoms. The molecule has 1 aliphatic carbocycles. The van der Waals surface area contributed by atoms with Crippen LogP contribution in [0.4, 0.5) is 8.78 Å². The lowest BCUT2D eigenvalue weighted by molar-refractivity contribution is 0.577. The zero-order chi connectivity index (χ0) is 19.3. The Balaban J connectivity index is 2.00. The molecule has 3 aromatic rings. The van der Waals surface area contributed by atoms with Gasteiger partial charge in [-0.1, -0.05) is 0 Å². The van der Waals surface area contributed by atoms with Crippen molar-refractivity contribution in [3.05, 3.63) is 59.7 Å². The van der Waals surface area contributed by atoms with Crippen LogP contribution in [0.25, 0.3) is 11.3 Å². The van der Waals surface area contributed by atoms with Gasteiger partial charge in [-0.2, -0.15) is 8.42 Å². The minimum atomic E-state index is -4.04. The fraction of sp³-hybridized carbons (Fsp3) is 0.278. The van der Waals surface area contributed by atoms with E-state index in [1.54, 1.807) is 20.2 Å². The van der Waals surface area contributed by atoms with Crippen LogP contribution in [-0.2, 0) is 23.5 Å². The Kier molecular flexibility index (Phi) is 4.15. The molecule has 0 spiro atoms. The molecule has 1 N–H and O–H groups in total. The van der Waals surface area contributed by atoms with Crippen molar-refractivity contribution in [1.29, 1.82) is 0 Å². The predicted molar refractivity (Wildman–Crippen MR) is 95.7 cm³/mol. The summed E-state index contributed by atoms with van der Waals surface area (Å²) in [6.07, 6.45) is 4.06. The smallest absolute Gasteiger partial charge is 0.287 e. The molecule has 4 rings (SSSR count). The number of imidazole rings is 1. The fourth-order valence-electron chi connectivity index (χ4n) is 3.61. The van der Waals surface area contributed by atoms with Gasteiger partial charge in [0.05, 0.1) is 12.0 Å². The second-order valence-electron chi connectivity index (χ2n) is 6.58. The van der Waals surface area contributed by atoms with Gasteiger partial charge in [-0.3, -0.25) is 0 Å². The van der Waals surface area contributed by atoms with E-state index in [9.17, 15) is 17.2 Å². The zero-order valence-electron chi connectivity index (χ0n) is 14.8. The van der Waals surface area contributed by atoms with E-state index >= 15 is 0 Å². The number of hydrogen-bond acceptors (Lipinski definition) is 4. The fourth-order valence-corrected chi connectivity index (χ4v) is 5.17. The van der Waals surface area contributed by atoms with E-state index in [-0.39, 0.29) is 22.3 Å². The molecule has 6 nitrogen and oxygen atoms in total. The molecule has 0 amide bonds. The quantitative estimate of drug-likeness (QED) is 0.741. The number of halogens is 2. The largest absolute Gasteiger partial charge is 0.339 e. The van der Waals surface area contributed by atoms with E-state index in [1.165, 1.54) is 23.2 Å². The Labute approximate surface area is 155 Å². The average Bonchev–Trinajstić information content (AvgIpc) is 3.29. The van der Waals surface area contributed by atoms with Crippen LogP contribution in [-0.4, -0.2) is 29.0 Å². The van der Waals surface area contributed by atoms with E-state index < -0.39 is 21.7 Å². The second-order valence-corrected chi connectivity index (χ2v) is 8.32. The van der Waals surface area contributed by atoms with Crippen molar-refractivity contribution < 1.29 is 17.2 Å². The molecule has 2 heterocycles. The number of benzene rings is 1. The number of nitrogens with zero attached hydrogens (tertiary/aromatic N) is 3. The molecule has 1 unspecified atom stereocenters. The average molecular weight is 392 g/mol. The number of rotatable bonds is 4. The van der Waals surface area contributed by atoms with Crippen LogP contribution in [0.3, 0.4) is 0 Å². The first-order valence-electron chi connectivity index (χ1n) is 8.43. The van der Waals surface area contributed by atoms with Gasteiger partial charge >= 0.3 is 0 Å². The lowest BCUT2D eigenvalue weighted by Crippen LogP contribution is -2.17. The summed E-state index contributed by atoms with van der Waals surface area (Å²) in [7, 11) is -0.576. The molecule has 0 fully saturated rings. The second kappa shape index (κ2) is 6.28. The molecule has 0 radical (unpaired) electrons. The molecule has 0 saturated carbocycles. The van der Waals surface area contributed by atoms with Gasteiger partial charge in [-0.15, -0.1) is 0 Å².